The molecular weight excluding hydrogens is 672 g/mol. The van der Waals surface area contributed by atoms with Gasteiger partial charge in [0.15, 0.2) is 48.1 Å². The van der Waals surface area contributed by atoms with Crippen LogP contribution in [0.4, 0.5) is 0 Å². The summed E-state index contributed by atoms with van der Waals surface area (Å²) in [5.74, 6) is -1.73. The van der Waals surface area contributed by atoms with Gasteiger partial charge in [0, 0.05) is 20.6 Å². The van der Waals surface area contributed by atoms with Gasteiger partial charge in [-0.3, -0.25) is 4.79 Å². The van der Waals surface area contributed by atoms with Crippen LogP contribution < -0.4 is 23.7 Å². The van der Waals surface area contributed by atoms with Crippen LogP contribution in [0, 0.1) is 0 Å². The molecule has 0 fully saturated rings. The fourth-order valence-corrected chi connectivity index (χ4v) is 5.58. The molecule has 14 nitrogen and oxygen atoms in total. The summed E-state index contributed by atoms with van der Waals surface area (Å²) in [6, 6.07) is 4.67. The SMILES string of the molecule is COCOc1c(CCC(=O)C(O)c2c(OC)ccc(OC)c2OCOC)cc(/C=C(/O[Si](C)(C)C(C)(C)C)C(=O)OC)c(C(=O)OC)c1OC. The van der Waals surface area contributed by atoms with E-state index in [9.17, 15) is 19.5 Å². The van der Waals surface area contributed by atoms with Crippen LogP contribution in [-0.4, -0.2) is 94.5 Å². The van der Waals surface area contributed by atoms with E-state index in [1.54, 1.807) is 18.2 Å². The van der Waals surface area contributed by atoms with E-state index in [2.05, 4.69) is 0 Å². The van der Waals surface area contributed by atoms with Gasteiger partial charge in [0.05, 0.1) is 41.1 Å². The lowest BCUT2D eigenvalue weighted by molar-refractivity contribution is -0.138. The van der Waals surface area contributed by atoms with Crippen molar-refractivity contribution in [2.45, 2.75) is 57.8 Å². The van der Waals surface area contributed by atoms with E-state index in [0.29, 0.717) is 5.56 Å². The summed E-state index contributed by atoms with van der Waals surface area (Å²) in [7, 11) is 6.81. The summed E-state index contributed by atoms with van der Waals surface area (Å²) < 4.78 is 54.7. The van der Waals surface area contributed by atoms with E-state index in [1.165, 1.54) is 55.8 Å². The Bertz CT molecular complexity index is 1530. The molecule has 0 aliphatic rings. The monoisotopic (exact) mass is 722 g/mol. The number of ketones is 1. The highest BCUT2D eigenvalue weighted by atomic mass is 28.4. The van der Waals surface area contributed by atoms with Gasteiger partial charge in [-0.25, -0.2) is 9.59 Å². The first kappa shape index (κ1) is 41.9. The molecule has 2 aromatic rings. The Morgan fingerprint density at radius 2 is 1.40 bits per heavy atom. The molecule has 2 aromatic carbocycles. The minimum atomic E-state index is -2.59. The molecule has 0 saturated heterocycles. The number of ether oxygens (including phenoxy) is 9. The first-order valence-corrected chi connectivity index (χ1v) is 18.5. The maximum atomic E-state index is 13.7. The predicted molar refractivity (Wildman–Crippen MR) is 185 cm³/mol. The van der Waals surface area contributed by atoms with Crippen LogP contribution in [0.3, 0.4) is 0 Å². The van der Waals surface area contributed by atoms with Crippen molar-refractivity contribution < 1.29 is 66.5 Å². The summed E-state index contributed by atoms with van der Waals surface area (Å²) in [6.45, 7) is 9.52. The lowest BCUT2D eigenvalue weighted by Gasteiger charge is -2.36. The first-order chi connectivity index (χ1) is 23.6. The largest absolute Gasteiger partial charge is 0.539 e. The molecule has 0 heterocycles. The molecule has 1 N–H and O–H groups in total. The van der Waals surface area contributed by atoms with Gasteiger partial charge in [-0.2, -0.15) is 0 Å². The minimum Gasteiger partial charge on any atom is -0.539 e. The van der Waals surface area contributed by atoms with Gasteiger partial charge in [0.1, 0.15) is 17.4 Å². The molecule has 1 unspecified atom stereocenters. The number of hydrogen-bond acceptors (Lipinski definition) is 14. The molecule has 0 aliphatic carbocycles. The van der Waals surface area contributed by atoms with Crippen molar-refractivity contribution in [3.63, 3.8) is 0 Å². The van der Waals surface area contributed by atoms with Crippen molar-refractivity contribution >= 4 is 32.1 Å². The lowest BCUT2D eigenvalue weighted by Crippen LogP contribution is -2.41. The number of benzene rings is 2. The average molecular weight is 723 g/mol. The highest BCUT2D eigenvalue weighted by Crippen LogP contribution is 2.44. The highest BCUT2D eigenvalue weighted by molar-refractivity contribution is 6.74. The summed E-state index contributed by atoms with van der Waals surface area (Å²) in [5.41, 5.74) is 0.531. The van der Waals surface area contributed by atoms with Crippen molar-refractivity contribution in [1.29, 1.82) is 0 Å². The van der Waals surface area contributed by atoms with Crippen LogP contribution >= 0.6 is 0 Å². The fraction of sp³-hybridized carbons (Fsp3) is 0.514. The van der Waals surface area contributed by atoms with E-state index in [0.717, 1.165) is 0 Å². The third kappa shape index (κ3) is 9.90. The van der Waals surface area contributed by atoms with Crippen molar-refractivity contribution in [3.8, 4) is 28.7 Å². The Morgan fingerprint density at radius 3 is 1.90 bits per heavy atom. The number of carbonyl (C=O) groups is 3. The molecule has 0 aromatic heterocycles. The minimum absolute atomic E-state index is 0.0230. The number of Topliss-reactive ketones (excluding diaryl/α,β-unsaturated/α-hetero) is 1. The van der Waals surface area contributed by atoms with E-state index in [4.69, 9.17) is 47.1 Å². The van der Waals surface area contributed by atoms with Crippen molar-refractivity contribution in [2.24, 2.45) is 0 Å². The molecule has 0 saturated carbocycles. The van der Waals surface area contributed by atoms with Gasteiger partial charge in [-0.15, -0.1) is 0 Å². The molecule has 1 atom stereocenters. The number of aliphatic hydroxyl groups excluding tert-OH is 1. The molecule has 0 amide bonds. The number of aryl methyl sites for hydroxylation is 1. The molecular formula is C35H50O14Si. The molecule has 0 aliphatic heterocycles. The Kier molecular flexibility index (Phi) is 15.6. The maximum Gasteiger partial charge on any atom is 0.371 e. The second-order valence-electron chi connectivity index (χ2n) is 12.4. The Hall–Kier alpha value is -4.31. The molecule has 0 radical (unpaired) electrons. The number of esters is 2. The average Bonchev–Trinajstić information content (AvgIpc) is 3.09. The van der Waals surface area contributed by atoms with Crippen LogP contribution in [0.5, 0.6) is 28.7 Å². The third-order valence-corrected chi connectivity index (χ3v) is 12.5. The van der Waals surface area contributed by atoms with E-state index in [1.807, 2.05) is 33.9 Å². The standard InChI is InChI=1S/C35H50O14Si/c1-35(2,3)50(11,12)49-26(33(38)45-9)18-22-17-21(30(47-19-40-4)32(44-8)27(22)34(39)46-10)13-14-23(36)29(37)28-24(42-6)15-16-25(43-7)31(28)48-20-41-5/h15-18,29,37H,13-14,19-20H2,1-12H3/b26-18+. The molecule has 50 heavy (non-hydrogen) atoms. The quantitative estimate of drug-likeness (QED) is 0.0659. The van der Waals surface area contributed by atoms with E-state index < -0.39 is 32.1 Å². The van der Waals surface area contributed by atoms with Gasteiger partial charge in [-0.1, -0.05) is 20.8 Å². The number of rotatable bonds is 19. The number of carbonyl (C=O) groups excluding carboxylic acids is 3. The van der Waals surface area contributed by atoms with Crippen molar-refractivity contribution in [2.75, 3.05) is 63.4 Å². The Balaban J connectivity index is 2.78. The van der Waals surface area contributed by atoms with Crippen molar-refractivity contribution in [3.05, 3.63) is 46.2 Å². The van der Waals surface area contributed by atoms with E-state index in [-0.39, 0.29) is 82.7 Å². The zero-order valence-electron chi connectivity index (χ0n) is 31.0. The van der Waals surface area contributed by atoms with E-state index >= 15 is 0 Å². The number of aliphatic hydroxyl groups is 1. The van der Waals surface area contributed by atoms with Gasteiger partial charge in [-0.05, 0) is 60.0 Å². The molecule has 278 valence electrons. The number of hydrogen-bond donors (Lipinski definition) is 1. The summed E-state index contributed by atoms with van der Waals surface area (Å²) in [5, 5.41) is 11.1. The van der Waals surface area contributed by atoms with Crippen LogP contribution in [-0.2, 0) is 39.4 Å². The highest BCUT2D eigenvalue weighted by Gasteiger charge is 2.41. The topological polar surface area (TPSA) is 164 Å². The zero-order valence-corrected chi connectivity index (χ0v) is 32.0. The second-order valence-corrected chi connectivity index (χ2v) is 17.1. The van der Waals surface area contributed by atoms with Crippen LogP contribution in [0.25, 0.3) is 6.08 Å². The van der Waals surface area contributed by atoms with Gasteiger partial charge in [0.25, 0.3) is 8.32 Å². The Labute approximate surface area is 294 Å². The van der Waals surface area contributed by atoms with Crippen LogP contribution in [0.2, 0.25) is 18.1 Å². The maximum absolute atomic E-state index is 13.7. The molecule has 2 rings (SSSR count). The summed E-state index contributed by atoms with van der Waals surface area (Å²) >= 11 is 0. The van der Waals surface area contributed by atoms with Gasteiger partial charge in [0.2, 0.25) is 0 Å². The molecule has 15 heteroatoms. The van der Waals surface area contributed by atoms with Gasteiger partial charge >= 0.3 is 11.9 Å². The third-order valence-electron chi connectivity index (χ3n) is 8.20. The number of methoxy groups -OCH3 is 7. The zero-order chi connectivity index (χ0) is 37.8. The lowest BCUT2D eigenvalue weighted by atomic mass is 9.94. The fourth-order valence-electron chi connectivity index (χ4n) is 4.58. The summed E-state index contributed by atoms with van der Waals surface area (Å²) in [6.07, 6.45) is -0.579. The predicted octanol–water partition coefficient (Wildman–Crippen LogP) is 5.24. The molecule has 0 spiro atoms. The first-order valence-electron chi connectivity index (χ1n) is 15.6. The molecule has 0 bridgehead atoms. The van der Waals surface area contributed by atoms with Crippen molar-refractivity contribution in [1.82, 2.24) is 0 Å². The van der Waals surface area contributed by atoms with Gasteiger partial charge < -0.3 is 52.2 Å². The summed E-state index contributed by atoms with van der Waals surface area (Å²) in [4.78, 5) is 40.0. The van der Waals surface area contributed by atoms with Crippen LogP contribution in [0.15, 0.2) is 24.0 Å². The Morgan fingerprint density at radius 1 is 0.820 bits per heavy atom. The second kappa shape index (κ2) is 18.6. The smallest absolute Gasteiger partial charge is 0.371 e. The van der Waals surface area contributed by atoms with Crippen LogP contribution in [0.1, 0.15) is 60.3 Å². The normalized spacial score (nSPS) is 12.5.